The number of aromatic nitrogens is 6. The van der Waals surface area contributed by atoms with Gasteiger partial charge in [0.15, 0.2) is 12.5 Å². The smallest absolute Gasteiger partial charge is 0.308 e. The molecule has 4 aromatic heterocycles. The predicted octanol–water partition coefficient (Wildman–Crippen LogP) is 4.66. The molecule has 4 heterocycles. The molecule has 0 bridgehead atoms. The molecule has 1 amide bonds. The Morgan fingerprint density at radius 2 is 1.84 bits per heavy atom. The number of esters is 1. The normalized spacial score (nSPS) is 13.2. The van der Waals surface area contributed by atoms with Crippen LogP contribution in [0.15, 0.2) is 36.1 Å². The summed E-state index contributed by atoms with van der Waals surface area (Å²) in [6.45, 7) is 1.72. The van der Waals surface area contributed by atoms with Gasteiger partial charge in [0, 0.05) is 29.9 Å². The molecule has 0 saturated heterocycles. The predicted molar refractivity (Wildman–Crippen MR) is 155 cm³/mol. The lowest BCUT2D eigenvalue weighted by atomic mass is 9.96. The number of pyridine rings is 1. The number of aliphatic hydroxyl groups is 1. The number of thiazole rings is 1. The number of hydrogen-bond donors (Lipinski definition) is 3. The minimum atomic E-state index is -1.10. The number of carbonyl (C=O) groups excluding carboxylic acids is 2. The van der Waals surface area contributed by atoms with Crippen molar-refractivity contribution in [3.05, 3.63) is 53.6 Å². The standard InChI is InChI=1S/C26H25F2N7O5S.C2H6O/c27-17-6-7-20(28)32-23(17)24-18(12-35(33-24)16-4-2-1-3-5-16)30-25(39)19-13-41-26(31-19)15-10-29-34(11-15)14-40-22(38)9-8-21(36)37;1-2-3/h6-7,10-13,16H,1-5,8-9,14H2,(H,30,39)(H,36,37);3H,2H2,1H3. The van der Waals surface area contributed by atoms with Crippen molar-refractivity contribution in [3.8, 4) is 22.0 Å². The van der Waals surface area contributed by atoms with Gasteiger partial charge in [0.1, 0.15) is 22.1 Å². The lowest BCUT2D eigenvalue weighted by molar-refractivity contribution is -0.151. The van der Waals surface area contributed by atoms with E-state index in [1.165, 1.54) is 22.2 Å². The zero-order valence-corrected chi connectivity index (χ0v) is 24.6. The van der Waals surface area contributed by atoms with Crippen LogP contribution in [0.3, 0.4) is 0 Å². The quantitative estimate of drug-likeness (QED) is 0.165. The van der Waals surface area contributed by atoms with Crippen LogP contribution >= 0.6 is 11.3 Å². The Kier molecular flexibility index (Phi) is 11.2. The van der Waals surface area contributed by atoms with Crippen LogP contribution in [-0.4, -0.2) is 64.2 Å². The first-order valence-electron chi connectivity index (χ1n) is 13.9. The number of carboxylic acids is 1. The summed E-state index contributed by atoms with van der Waals surface area (Å²) in [5.74, 6) is -3.98. The first-order valence-corrected chi connectivity index (χ1v) is 14.8. The second-order valence-corrected chi connectivity index (χ2v) is 10.6. The highest BCUT2D eigenvalue weighted by atomic mass is 32.1. The number of aliphatic carboxylic acids is 1. The topological polar surface area (TPSA) is 174 Å². The second kappa shape index (κ2) is 15.2. The van der Waals surface area contributed by atoms with Gasteiger partial charge in [0.25, 0.3) is 5.91 Å². The number of ether oxygens (including phenoxy) is 1. The van der Waals surface area contributed by atoms with Crippen molar-refractivity contribution >= 4 is 34.9 Å². The SMILES string of the molecule is CCO.O=C(O)CCC(=O)OCn1cc(-c2nc(C(=O)Nc3cn(C4CCCCC4)nc3-c3nc(F)ccc3F)cs2)cn1. The molecule has 234 valence electrons. The molecule has 44 heavy (non-hydrogen) atoms. The van der Waals surface area contributed by atoms with Gasteiger partial charge in [-0.15, -0.1) is 11.3 Å². The van der Waals surface area contributed by atoms with Crippen molar-refractivity contribution in [2.75, 3.05) is 11.9 Å². The Morgan fingerprint density at radius 3 is 2.57 bits per heavy atom. The number of carboxylic acid groups (broad SMARTS) is 1. The average Bonchev–Trinajstić information content (AvgIpc) is 3.77. The van der Waals surface area contributed by atoms with E-state index in [0.29, 0.717) is 10.6 Å². The number of aliphatic hydroxyl groups excluding tert-OH is 1. The molecular weight excluding hydrogens is 600 g/mol. The van der Waals surface area contributed by atoms with Gasteiger partial charge in [-0.25, -0.2) is 19.0 Å². The molecule has 0 aliphatic heterocycles. The molecule has 0 aromatic carbocycles. The van der Waals surface area contributed by atoms with Gasteiger partial charge in [-0.1, -0.05) is 19.3 Å². The lowest BCUT2D eigenvalue weighted by Crippen LogP contribution is -2.14. The molecule has 0 radical (unpaired) electrons. The Hall–Kier alpha value is -4.57. The third-order valence-electron chi connectivity index (χ3n) is 6.48. The van der Waals surface area contributed by atoms with Crippen molar-refractivity contribution in [1.82, 2.24) is 29.5 Å². The van der Waals surface area contributed by atoms with E-state index in [9.17, 15) is 23.2 Å². The fourth-order valence-corrected chi connectivity index (χ4v) is 5.21. The van der Waals surface area contributed by atoms with Gasteiger partial charge in [-0.2, -0.15) is 14.6 Å². The summed E-state index contributed by atoms with van der Waals surface area (Å²) < 4.78 is 36.6. The van der Waals surface area contributed by atoms with Crippen LogP contribution in [-0.2, 0) is 21.1 Å². The minimum absolute atomic E-state index is 0.0237. The van der Waals surface area contributed by atoms with Crippen LogP contribution < -0.4 is 5.32 Å². The van der Waals surface area contributed by atoms with E-state index in [1.807, 2.05) is 0 Å². The molecule has 13 nitrogen and oxygen atoms in total. The van der Waals surface area contributed by atoms with Crippen molar-refractivity contribution < 1.29 is 38.1 Å². The van der Waals surface area contributed by atoms with Gasteiger partial charge >= 0.3 is 11.9 Å². The monoisotopic (exact) mass is 631 g/mol. The van der Waals surface area contributed by atoms with E-state index < -0.39 is 29.6 Å². The maximum Gasteiger partial charge on any atom is 0.308 e. The third-order valence-corrected chi connectivity index (χ3v) is 7.37. The summed E-state index contributed by atoms with van der Waals surface area (Å²) >= 11 is 1.18. The highest BCUT2D eigenvalue weighted by molar-refractivity contribution is 7.13. The number of halogens is 2. The first kappa shape index (κ1) is 32.3. The number of rotatable bonds is 10. The van der Waals surface area contributed by atoms with E-state index in [0.717, 1.165) is 44.2 Å². The fourth-order valence-electron chi connectivity index (χ4n) is 4.44. The van der Waals surface area contributed by atoms with E-state index in [2.05, 4.69) is 25.5 Å². The molecule has 5 rings (SSSR count). The van der Waals surface area contributed by atoms with Crippen molar-refractivity contribution in [2.45, 2.75) is 64.6 Å². The number of hydrogen-bond acceptors (Lipinski definition) is 10. The highest BCUT2D eigenvalue weighted by Crippen LogP contribution is 2.34. The Bertz CT molecular complexity index is 1600. The largest absolute Gasteiger partial charge is 0.481 e. The number of nitrogens with one attached hydrogen (secondary N) is 1. The van der Waals surface area contributed by atoms with E-state index >= 15 is 0 Å². The van der Waals surface area contributed by atoms with Crippen LogP contribution in [0, 0.1) is 11.8 Å². The Labute approximate surface area is 254 Å². The molecule has 1 saturated carbocycles. The van der Waals surface area contributed by atoms with Gasteiger partial charge < -0.3 is 20.3 Å². The first-order chi connectivity index (χ1) is 21.2. The summed E-state index contributed by atoms with van der Waals surface area (Å²) in [6.07, 6.45) is 9.03. The zero-order chi connectivity index (χ0) is 31.6. The molecular formula is C28H31F2N7O6S. The second-order valence-electron chi connectivity index (χ2n) is 9.74. The van der Waals surface area contributed by atoms with Crippen LogP contribution in [0.4, 0.5) is 14.5 Å². The fraction of sp³-hybridized carbons (Fsp3) is 0.393. The van der Waals surface area contributed by atoms with Crippen molar-refractivity contribution in [1.29, 1.82) is 0 Å². The maximum atomic E-state index is 14.6. The van der Waals surface area contributed by atoms with E-state index in [4.69, 9.17) is 14.9 Å². The summed E-state index contributed by atoms with van der Waals surface area (Å²) in [5, 5.41) is 29.5. The van der Waals surface area contributed by atoms with Crippen LogP contribution in [0.1, 0.15) is 68.4 Å². The molecule has 4 aromatic rings. The van der Waals surface area contributed by atoms with Gasteiger partial charge in [0.2, 0.25) is 5.95 Å². The highest BCUT2D eigenvalue weighted by Gasteiger charge is 2.24. The third kappa shape index (κ3) is 8.50. The van der Waals surface area contributed by atoms with E-state index in [1.54, 1.807) is 29.4 Å². The van der Waals surface area contributed by atoms with Crippen molar-refractivity contribution in [2.24, 2.45) is 0 Å². The number of nitrogens with zero attached hydrogens (tertiary/aromatic N) is 6. The van der Waals surface area contributed by atoms with Gasteiger partial charge in [-0.05, 0) is 31.9 Å². The lowest BCUT2D eigenvalue weighted by Gasteiger charge is -2.21. The molecule has 0 atom stereocenters. The van der Waals surface area contributed by atoms with Gasteiger partial charge in [-0.3, -0.25) is 19.1 Å². The van der Waals surface area contributed by atoms with Crippen LogP contribution in [0.5, 0.6) is 0 Å². The summed E-state index contributed by atoms with van der Waals surface area (Å²) in [5.41, 5.74) is 0.555. The van der Waals surface area contributed by atoms with Crippen LogP contribution in [0.2, 0.25) is 0 Å². The molecule has 1 aliphatic rings. The summed E-state index contributed by atoms with van der Waals surface area (Å²) in [4.78, 5) is 43.4. The Morgan fingerprint density at radius 1 is 1.09 bits per heavy atom. The Balaban J connectivity index is 0.00000141. The molecule has 1 fully saturated rings. The minimum Gasteiger partial charge on any atom is -0.481 e. The number of amides is 1. The average molecular weight is 632 g/mol. The number of anilines is 1. The molecule has 0 spiro atoms. The van der Waals surface area contributed by atoms with Crippen LogP contribution in [0.25, 0.3) is 22.0 Å². The summed E-state index contributed by atoms with van der Waals surface area (Å²) in [7, 11) is 0. The maximum absolute atomic E-state index is 14.6. The molecule has 3 N–H and O–H groups in total. The molecule has 1 aliphatic carbocycles. The van der Waals surface area contributed by atoms with Crippen molar-refractivity contribution in [3.63, 3.8) is 0 Å². The molecule has 0 unspecified atom stereocenters. The van der Waals surface area contributed by atoms with E-state index in [-0.39, 0.29) is 55.0 Å². The zero-order valence-electron chi connectivity index (χ0n) is 23.8. The summed E-state index contributed by atoms with van der Waals surface area (Å²) in [6, 6.07) is 1.95. The van der Waals surface area contributed by atoms with Gasteiger partial charge in [0.05, 0.1) is 30.8 Å². The number of carbonyl (C=O) groups is 3. The molecule has 16 heteroatoms.